The molecule has 0 aromatic heterocycles. The number of carbonyl (C=O) groups is 4. The highest BCUT2D eigenvalue weighted by molar-refractivity contribution is 7.47. The molecule has 3 N–H and O–H groups in total. The topological polar surface area (TPSA) is 237 Å². The van der Waals surface area contributed by atoms with Crippen LogP contribution in [0.15, 0.2) is 122 Å². The fourth-order valence-electron chi connectivity index (χ4n) is 10.4. The molecule has 0 bridgehead atoms. The van der Waals surface area contributed by atoms with Crippen LogP contribution in [0.3, 0.4) is 0 Å². The normalized spacial score (nSPS) is 14.5. The van der Waals surface area contributed by atoms with Crippen LogP contribution in [0.4, 0.5) is 0 Å². The number of carbonyl (C=O) groups excluding carboxylic acids is 4. The summed E-state index contributed by atoms with van der Waals surface area (Å²) in [7, 11) is -9.99. The van der Waals surface area contributed by atoms with Crippen molar-refractivity contribution in [3.63, 3.8) is 0 Å². The second kappa shape index (κ2) is 74.7. The van der Waals surface area contributed by atoms with Gasteiger partial charge in [-0.05, 0) is 135 Å². The molecule has 0 saturated carbocycles. The Morgan fingerprint density at radius 2 is 0.549 bits per heavy atom. The third-order valence-corrected chi connectivity index (χ3v) is 18.3. The zero-order valence-corrected chi connectivity index (χ0v) is 65.8. The van der Waals surface area contributed by atoms with E-state index in [0.717, 1.165) is 167 Å². The van der Waals surface area contributed by atoms with E-state index >= 15 is 0 Å². The van der Waals surface area contributed by atoms with Crippen molar-refractivity contribution in [3.8, 4) is 0 Å². The Hall–Kier alpha value is -4.54. The molecular formula is C83H142O17P2. The fraction of sp³-hybridized carbons (Fsp3) is 0.711. The lowest BCUT2D eigenvalue weighted by molar-refractivity contribution is -0.161. The molecular weight excluding hydrogens is 1330 g/mol. The third-order valence-electron chi connectivity index (χ3n) is 16.4. The number of hydrogen-bond acceptors (Lipinski definition) is 15. The molecule has 0 spiro atoms. The molecule has 0 heterocycles. The predicted molar refractivity (Wildman–Crippen MR) is 418 cm³/mol. The Balaban J connectivity index is 5.43. The number of rotatable bonds is 74. The number of allylic oxidation sites excluding steroid dienone is 19. The van der Waals surface area contributed by atoms with Gasteiger partial charge < -0.3 is 33.8 Å². The molecule has 0 aliphatic rings. The lowest BCUT2D eigenvalue weighted by Crippen LogP contribution is -2.30. The number of hydrogen-bond donors (Lipinski definition) is 3. The van der Waals surface area contributed by atoms with Crippen LogP contribution >= 0.6 is 15.6 Å². The van der Waals surface area contributed by atoms with Gasteiger partial charge in [0.2, 0.25) is 0 Å². The van der Waals surface area contributed by atoms with E-state index in [4.69, 9.17) is 37.0 Å². The lowest BCUT2D eigenvalue weighted by atomic mass is 10.1. The summed E-state index contributed by atoms with van der Waals surface area (Å²) in [6, 6.07) is 0. The quantitative estimate of drug-likeness (QED) is 0.0169. The van der Waals surface area contributed by atoms with Crippen LogP contribution < -0.4 is 0 Å². The molecule has 17 nitrogen and oxygen atoms in total. The van der Waals surface area contributed by atoms with E-state index in [1.807, 2.05) is 12.2 Å². The minimum Gasteiger partial charge on any atom is -0.462 e. The maximum atomic E-state index is 13.1. The van der Waals surface area contributed by atoms with Gasteiger partial charge in [-0.25, -0.2) is 9.13 Å². The Kier molecular flexibility index (Phi) is 71.4. The van der Waals surface area contributed by atoms with E-state index in [2.05, 4.69) is 125 Å². The third kappa shape index (κ3) is 73.8. The molecule has 586 valence electrons. The maximum Gasteiger partial charge on any atom is 0.472 e. The van der Waals surface area contributed by atoms with Crippen molar-refractivity contribution in [2.45, 2.75) is 341 Å². The Bertz CT molecular complexity index is 2410. The van der Waals surface area contributed by atoms with E-state index in [1.54, 1.807) is 12.2 Å². The maximum absolute atomic E-state index is 13.1. The van der Waals surface area contributed by atoms with E-state index in [9.17, 15) is 43.2 Å². The van der Waals surface area contributed by atoms with Gasteiger partial charge in [0, 0.05) is 19.3 Å². The standard InChI is InChI=1S/C83H142O17P2/c1-5-9-13-17-21-25-29-33-37-38-42-44-48-52-56-60-64-68-81(86)94-74-79(100-83(88)70-66-62-58-54-50-46-41-36-32-28-24-20-16-12-8-4)76-98-102(91,92)96-72-77(84)71-95-101(89,90)97-75-78(99-82(87)69-65-61-57-53-49-45-40-35-31-27-23-19-15-11-7-3)73-93-80(85)67-63-59-55-51-47-43-39-34-30-26-22-18-14-10-6-2/h9,12-13,16,21,24-25,28,33-37,39-41,50,54,62,66,77-79,84H,5-8,10-11,14-15,17-20,22-23,26-27,29-32,38,42-49,51-53,55-61,63-65,67-76H2,1-4H3,(H,89,90)(H,91,92)/b13-9-,16-12-,25-21-,28-24-,37-33-,39-34-,40-35-,41-36-,54-50-,66-62-. The first-order chi connectivity index (χ1) is 49.7. The number of ether oxygens (including phenoxy) is 4. The Morgan fingerprint density at radius 1 is 0.294 bits per heavy atom. The highest BCUT2D eigenvalue weighted by Gasteiger charge is 2.30. The van der Waals surface area contributed by atoms with Crippen molar-refractivity contribution in [2.24, 2.45) is 0 Å². The lowest BCUT2D eigenvalue weighted by Gasteiger charge is -2.21. The molecule has 0 aromatic carbocycles. The molecule has 0 aliphatic carbocycles. The zero-order chi connectivity index (χ0) is 74.6. The van der Waals surface area contributed by atoms with Gasteiger partial charge in [-0.1, -0.05) is 284 Å². The summed E-state index contributed by atoms with van der Waals surface area (Å²) in [5, 5.41) is 10.6. The molecule has 0 amide bonds. The SMILES string of the molecule is CC/C=C\C/C=C\C/C=C\C/C=C\C/C=C\CC(=O)OC(COC(=O)CCCCCCCCC/C=C\C/C=C\C/C=C\CC)COP(=O)(O)OCC(O)COP(=O)(O)OCC(COC(=O)CCCCCCC/C=C\CCCCCCCC)OC(=O)CCCCCCC/C=C\CCCCCCCC. The summed E-state index contributed by atoms with van der Waals surface area (Å²) in [6.07, 6.45) is 82.1. The van der Waals surface area contributed by atoms with Crippen LogP contribution in [0.1, 0.15) is 323 Å². The summed E-state index contributed by atoms with van der Waals surface area (Å²) < 4.78 is 68.4. The van der Waals surface area contributed by atoms with Gasteiger partial charge >= 0.3 is 39.5 Å². The van der Waals surface area contributed by atoms with Gasteiger partial charge in [-0.3, -0.25) is 37.3 Å². The van der Waals surface area contributed by atoms with E-state index in [0.29, 0.717) is 25.7 Å². The van der Waals surface area contributed by atoms with E-state index in [-0.39, 0.29) is 25.7 Å². The summed E-state index contributed by atoms with van der Waals surface area (Å²) in [6.45, 7) is 4.52. The first-order valence-electron chi connectivity index (χ1n) is 39.8. The summed E-state index contributed by atoms with van der Waals surface area (Å²) in [5.41, 5.74) is 0. The highest BCUT2D eigenvalue weighted by atomic mass is 31.2. The number of esters is 4. The highest BCUT2D eigenvalue weighted by Crippen LogP contribution is 2.45. The zero-order valence-electron chi connectivity index (χ0n) is 64.0. The van der Waals surface area contributed by atoms with Gasteiger partial charge in [-0.2, -0.15) is 0 Å². The van der Waals surface area contributed by atoms with Gasteiger partial charge in [0.1, 0.15) is 19.3 Å². The molecule has 5 unspecified atom stereocenters. The number of unbranched alkanes of at least 4 members (excludes halogenated alkanes) is 29. The Morgan fingerprint density at radius 3 is 0.882 bits per heavy atom. The van der Waals surface area contributed by atoms with Gasteiger partial charge in [0.25, 0.3) is 0 Å². The van der Waals surface area contributed by atoms with Crippen LogP contribution in [-0.4, -0.2) is 96.7 Å². The average Bonchev–Trinajstić information content (AvgIpc) is 0.919. The van der Waals surface area contributed by atoms with Gasteiger partial charge in [-0.15, -0.1) is 0 Å². The van der Waals surface area contributed by atoms with Crippen molar-refractivity contribution < 1.29 is 80.2 Å². The van der Waals surface area contributed by atoms with Crippen LogP contribution in [0, 0.1) is 0 Å². The van der Waals surface area contributed by atoms with E-state index < -0.39 is 97.5 Å². The average molecular weight is 1470 g/mol. The molecule has 0 aliphatic heterocycles. The second-order valence-corrected chi connectivity index (χ2v) is 29.2. The predicted octanol–water partition coefficient (Wildman–Crippen LogP) is 23.1. The Labute approximate surface area is 619 Å². The van der Waals surface area contributed by atoms with Crippen molar-refractivity contribution in [3.05, 3.63) is 122 Å². The summed E-state index contributed by atoms with van der Waals surface area (Å²) >= 11 is 0. The molecule has 5 atom stereocenters. The number of phosphoric ester groups is 2. The van der Waals surface area contributed by atoms with Crippen molar-refractivity contribution in [1.82, 2.24) is 0 Å². The fourth-order valence-corrected chi connectivity index (χ4v) is 12.0. The van der Waals surface area contributed by atoms with Crippen LogP contribution in [0.25, 0.3) is 0 Å². The summed E-state index contributed by atoms with van der Waals surface area (Å²) in [4.78, 5) is 72.9. The van der Waals surface area contributed by atoms with Crippen molar-refractivity contribution in [2.75, 3.05) is 39.6 Å². The van der Waals surface area contributed by atoms with Gasteiger partial charge in [0.15, 0.2) is 12.2 Å². The number of aliphatic hydroxyl groups excluding tert-OH is 1. The van der Waals surface area contributed by atoms with Crippen molar-refractivity contribution in [1.29, 1.82) is 0 Å². The minimum absolute atomic E-state index is 0.0806. The van der Waals surface area contributed by atoms with Crippen LogP contribution in [0.2, 0.25) is 0 Å². The first kappa shape index (κ1) is 97.5. The number of aliphatic hydroxyl groups is 1. The van der Waals surface area contributed by atoms with Crippen LogP contribution in [0.5, 0.6) is 0 Å². The molecule has 0 rings (SSSR count). The molecule has 0 saturated heterocycles. The molecule has 0 fully saturated rings. The monoisotopic (exact) mass is 1470 g/mol. The van der Waals surface area contributed by atoms with E-state index in [1.165, 1.54) is 77.0 Å². The van der Waals surface area contributed by atoms with Crippen molar-refractivity contribution >= 4 is 39.5 Å². The van der Waals surface area contributed by atoms with Crippen LogP contribution in [-0.2, 0) is 65.4 Å². The molecule has 0 radical (unpaired) electrons. The van der Waals surface area contributed by atoms with Gasteiger partial charge in [0.05, 0.1) is 32.8 Å². The number of phosphoric acid groups is 2. The molecule has 0 aromatic rings. The minimum atomic E-state index is -5.01. The molecule has 19 heteroatoms. The summed E-state index contributed by atoms with van der Waals surface area (Å²) in [5.74, 6) is -2.35. The second-order valence-electron chi connectivity index (χ2n) is 26.3. The smallest absolute Gasteiger partial charge is 0.462 e. The first-order valence-corrected chi connectivity index (χ1v) is 42.8. The molecule has 102 heavy (non-hydrogen) atoms. The largest absolute Gasteiger partial charge is 0.472 e.